The zero-order valence-electron chi connectivity index (χ0n) is 16.2. The first kappa shape index (κ1) is 21.1. The fourth-order valence-corrected chi connectivity index (χ4v) is 5.08. The molecule has 4 N–H and O–H groups in total. The monoisotopic (exact) mass is 409 g/mol. The SMILES string of the molecule is C[Si](C)(C)CC[C@]1(N2C(=O)c3ccccc3C2=O)[C@H](O)O[C@H](CO)[C@@H](O)[C@@H]1O. The average Bonchev–Trinajstić information content (AvgIpc) is 2.90. The lowest BCUT2D eigenvalue weighted by molar-refractivity contribution is -0.298. The van der Waals surface area contributed by atoms with Crippen LogP contribution < -0.4 is 0 Å². The number of ether oxygens (including phenoxy) is 1. The number of aliphatic hydroxyl groups excluding tert-OH is 4. The van der Waals surface area contributed by atoms with Crippen LogP contribution in [0.2, 0.25) is 25.7 Å². The van der Waals surface area contributed by atoms with Crippen molar-refractivity contribution in [3.63, 3.8) is 0 Å². The van der Waals surface area contributed by atoms with E-state index >= 15 is 0 Å². The number of hydrogen-bond acceptors (Lipinski definition) is 7. The fraction of sp³-hybridized carbons (Fsp3) is 0.579. The van der Waals surface area contributed by atoms with Gasteiger partial charge in [-0.15, -0.1) is 0 Å². The largest absolute Gasteiger partial charge is 0.394 e. The third kappa shape index (κ3) is 3.21. The molecule has 1 saturated heterocycles. The lowest BCUT2D eigenvalue weighted by Crippen LogP contribution is -2.74. The number of carbonyl (C=O) groups excluding carboxylic acids is 2. The molecule has 0 spiro atoms. The molecule has 0 unspecified atom stereocenters. The van der Waals surface area contributed by atoms with Crippen molar-refractivity contribution in [1.82, 2.24) is 4.90 Å². The van der Waals surface area contributed by atoms with Crippen LogP contribution in [0.15, 0.2) is 24.3 Å². The standard InChI is InChI=1S/C19H27NO7Si/c1-28(2,3)9-8-19(15(23)14(22)13(10-21)27-18(19)26)20-16(24)11-6-4-5-7-12(11)17(20)25/h4-7,13-15,18,21-23,26H,8-10H2,1-3H3/t13-,14-,15+,18-,19-/m1/s1. The quantitative estimate of drug-likeness (QED) is 0.403. The Kier molecular flexibility index (Phi) is 5.52. The molecule has 9 heteroatoms. The fourth-order valence-electron chi connectivity index (χ4n) is 3.93. The summed E-state index contributed by atoms with van der Waals surface area (Å²) in [4.78, 5) is 27.0. The van der Waals surface area contributed by atoms with Gasteiger partial charge in [-0.3, -0.25) is 14.5 Å². The molecule has 0 radical (unpaired) electrons. The molecule has 0 aromatic heterocycles. The number of amides is 2. The van der Waals surface area contributed by atoms with E-state index in [2.05, 4.69) is 19.6 Å². The number of nitrogens with zero attached hydrogens (tertiary/aromatic N) is 1. The minimum Gasteiger partial charge on any atom is -0.394 e. The zero-order valence-corrected chi connectivity index (χ0v) is 17.2. The van der Waals surface area contributed by atoms with Crippen molar-refractivity contribution in [3.05, 3.63) is 35.4 Å². The number of hydrogen-bond donors (Lipinski definition) is 4. The molecule has 8 nitrogen and oxygen atoms in total. The summed E-state index contributed by atoms with van der Waals surface area (Å²) in [7, 11) is -1.73. The van der Waals surface area contributed by atoms with Crippen LogP contribution in [-0.4, -0.2) is 82.0 Å². The highest BCUT2D eigenvalue weighted by Crippen LogP contribution is 2.43. The predicted molar refractivity (Wildman–Crippen MR) is 102 cm³/mol. The number of aliphatic hydroxyl groups is 4. The summed E-state index contributed by atoms with van der Waals surface area (Å²) >= 11 is 0. The molecule has 3 rings (SSSR count). The molecule has 5 atom stereocenters. The van der Waals surface area contributed by atoms with Gasteiger partial charge in [0, 0.05) is 8.07 Å². The van der Waals surface area contributed by atoms with Crippen molar-refractivity contribution in [2.75, 3.05) is 6.61 Å². The van der Waals surface area contributed by atoms with Crippen LogP contribution in [0.25, 0.3) is 0 Å². The molecule has 2 amide bonds. The van der Waals surface area contributed by atoms with Crippen LogP contribution in [0.4, 0.5) is 0 Å². The minimum absolute atomic E-state index is 0.0751. The Balaban J connectivity index is 2.10. The Morgan fingerprint density at radius 1 is 1.07 bits per heavy atom. The van der Waals surface area contributed by atoms with Crippen molar-refractivity contribution in [2.24, 2.45) is 0 Å². The molecule has 2 aliphatic rings. The van der Waals surface area contributed by atoms with Gasteiger partial charge < -0.3 is 25.2 Å². The highest BCUT2D eigenvalue weighted by molar-refractivity contribution is 6.76. The maximum atomic E-state index is 13.1. The first-order chi connectivity index (χ1) is 13.0. The molecule has 154 valence electrons. The van der Waals surface area contributed by atoms with Crippen LogP contribution in [-0.2, 0) is 4.74 Å². The van der Waals surface area contributed by atoms with Crippen LogP contribution in [0.1, 0.15) is 27.1 Å². The van der Waals surface area contributed by atoms with Crippen molar-refractivity contribution in [3.8, 4) is 0 Å². The van der Waals surface area contributed by atoms with E-state index in [1.54, 1.807) is 12.1 Å². The Morgan fingerprint density at radius 2 is 1.61 bits per heavy atom. The molecule has 1 aromatic rings. The molecular weight excluding hydrogens is 382 g/mol. The number of fused-ring (bicyclic) bond motifs is 1. The summed E-state index contributed by atoms with van der Waals surface area (Å²) in [5.41, 5.74) is -1.49. The second-order valence-corrected chi connectivity index (χ2v) is 14.3. The first-order valence-corrected chi connectivity index (χ1v) is 13.0. The third-order valence-corrected chi connectivity index (χ3v) is 7.36. The van der Waals surface area contributed by atoms with Gasteiger partial charge in [-0.25, -0.2) is 0 Å². The molecule has 2 heterocycles. The molecule has 0 bridgehead atoms. The highest BCUT2D eigenvalue weighted by Gasteiger charge is 2.63. The zero-order chi connectivity index (χ0) is 20.9. The molecule has 2 aliphatic heterocycles. The van der Waals surface area contributed by atoms with Gasteiger partial charge in [0.15, 0.2) is 6.29 Å². The van der Waals surface area contributed by atoms with Gasteiger partial charge in [0.1, 0.15) is 23.9 Å². The van der Waals surface area contributed by atoms with Gasteiger partial charge in [-0.1, -0.05) is 37.8 Å². The van der Waals surface area contributed by atoms with E-state index in [1.807, 2.05) is 0 Å². The van der Waals surface area contributed by atoms with E-state index < -0.39 is 56.6 Å². The number of carbonyl (C=O) groups is 2. The lowest BCUT2D eigenvalue weighted by atomic mass is 9.79. The topological polar surface area (TPSA) is 128 Å². The second-order valence-electron chi connectivity index (χ2n) is 8.69. The van der Waals surface area contributed by atoms with Gasteiger partial charge in [0.05, 0.1) is 17.7 Å². The molecule has 0 aliphatic carbocycles. The number of benzene rings is 1. The first-order valence-electron chi connectivity index (χ1n) is 9.33. The Bertz CT molecular complexity index is 745. The predicted octanol–water partition coefficient (Wildman–Crippen LogP) is 0.181. The van der Waals surface area contributed by atoms with Gasteiger partial charge in [0.25, 0.3) is 11.8 Å². The molecule has 0 saturated carbocycles. The van der Waals surface area contributed by atoms with Crippen molar-refractivity contribution in [1.29, 1.82) is 0 Å². The highest BCUT2D eigenvalue weighted by atomic mass is 28.3. The second kappa shape index (κ2) is 7.32. The molecular formula is C19H27NO7Si. The smallest absolute Gasteiger partial charge is 0.262 e. The number of imide groups is 1. The van der Waals surface area contributed by atoms with Gasteiger partial charge in [-0.2, -0.15) is 0 Å². The van der Waals surface area contributed by atoms with Crippen LogP contribution in [0.5, 0.6) is 0 Å². The molecule has 28 heavy (non-hydrogen) atoms. The summed E-state index contributed by atoms with van der Waals surface area (Å²) < 4.78 is 5.37. The average molecular weight is 410 g/mol. The van der Waals surface area contributed by atoms with Gasteiger partial charge >= 0.3 is 0 Å². The van der Waals surface area contributed by atoms with Crippen molar-refractivity contribution < 1.29 is 34.8 Å². The van der Waals surface area contributed by atoms with Gasteiger partial charge in [0.2, 0.25) is 0 Å². The Labute approximate surface area is 164 Å². The van der Waals surface area contributed by atoms with E-state index in [9.17, 15) is 30.0 Å². The summed E-state index contributed by atoms with van der Waals surface area (Å²) in [5, 5.41) is 41.7. The van der Waals surface area contributed by atoms with E-state index in [0.717, 1.165) is 4.90 Å². The van der Waals surface area contributed by atoms with Crippen molar-refractivity contribution in [2.45, 2.75) is 62.2 Å². The van der Waals surface area contributed by atoms with E-state index in [4.69, 9.17) is 4.74 Å². The lowest BCUT2D eigenvalue weighted by Gasteiger charge is -2.53. The maximum Gasteiger partial charge on any atom is 0.262 e. The van der Waals surface area contributed by atoms with E-state index in [0.29, 0.717) is 6.04 Å². The van der Waals surface area contributed by atoms with Crippen LogP contribution >= 0.6 is 0 Å². The van der Waals surface area contributed by atoms with Crippen molar-refractivity contribution >= 4 is 19.9 Å². The van der Waals surface area contributed by atoms with E-state index in [-0.39, 0.29) is 17.5 Å². The van der Waals surface area contributed by atoms with E-state index in [1.165, 1.54) is 12.1 Å². The third-order valence-electron chi connectivity index (χ3n) is 5.61. The van der Waals surface area contributed by atoms with Crippen LogP contribution in [0, 0.1) is 0 Å². The van der Waals surface area contributed by atoms with Crippen LogP contribution in [0.3, 0.4) is 0 Å². The summed E-state index contributed by atoms with van der Waals surface area (Å²) in [6.45, 7) is 5.62. The minimum atomic E-state index is -1.85. The molecule has 1 aromatic carbocycles. The maximum absolute atomic E-state index is 13.1. The summed E-state index contributed by atoms with van der Waals surface area (Å²) in [6.07, 6.45) is -6.14. The van der Waals surface area contributed by atoms with Gasteiger partial charge in [-0.05, 0) is 18.6 Å². The summed E-state index contributed by atoms with van der Waals surface area (Å²) in [5.74, 6) is -1.29. The number of rotatable bonds is 5. The summed E-state index contributed by atoms with van der Waals surface area (Å²) in [6, 6.07) is 6.84. The Morgan fingerprint density at radius 3 is 2.07 bits per heavy atom. The molecule has 1 fully saturated rings. The Hall–Kier alpha value is -1.62. The normalized spacial score (nSPS) is 33.3.